The topological polar surface area (TPSA) is 159 Å². The second kappa shape index (κ2) is 11.3. The molecular formula is C41H39N7O5. The van der Waals surface area contributed by atoms with E-state index in [-0.39, 0.29) is 30.1 Å². The summed E-state index contributed by atoms with van der Waals surface area (Å²) in [5, 5.41) is 14.2. The summed E-state index contributed by atoms with van der Waals surface area (Å²) in [7, 11) is 1.75. The van der Waals surface area contributed by atoms with Crippen LogP contribution in [0, 0.1) is 11.8 Å². The van der Waals surface area contributed by atoms with Crippen LogP contribution in [0.5, 0.6) is 5.75 Å². The zero-order valence-corrected chi connectivity index (χ0v) is 30.0. The third kappa shape index (κ3) is 4.38. The highest BCUT2D eigenvalue weighted by molar-refractivity contribution is 6.07. The van der Waals surface area contributed by atoms with Crippen LogP contribution in [-0.4, -0.2) is 52.1 Å². The Morgan fingerprint density at radius 3 is 2.62 bits per heavy atom. The first-order valence-corrected chi connectivity index (χ1v) is 18.2. The normalized spacial score (nSPS) is 22.4. The molecule has 1 spiro atoms. The van der Waals surface area contributed by atoms with Crippen LogP contribution in [0.3, 0.4) is 0 Å². The molecule has 268 valence electrons. The van der Waals surface area contributed by atoms with Gasteiger partial charge in [-0.2, -0.15) is 0 Å². The third-order valence-electron chi connectivity index (χ3n) is 11.4. The Kier molecular flexibility index (Phi) is 6.79. The van der Waals surface area contributed by atoms with Crippen molar-refractivity contribution in [1.82, 2.24) is 30.9 Å². The van der Waals surface area contributed by atoms with E-state index in [1.807, 2.05) is 52.1 Å². The maximum atomic E-state index is 14.3. The summed E-state index contributed by atoms with van der Waals surface area (Å²) in [5.74, 6) is 1.67. The van der Waals surface area contributed by atoms with E-state index in [0.717, 1.165) is 50.0 Å². The number of carbonyl (C=O) groups is 2. The number of aromatic amines is 1. The maximum absolute atomic E-state index is 14.3. The van der Waals surface area contributed by atoms with Crippen LogP contribution >= 0.6 is 0 Å². The summed E-state index contributed by atoms with van der Waals surface area (Å²) in [4.78, 5) is 41.3. The number of aromatic nitrogens is 3. The molecule has 7 heterocycles. The number of nitrogens with one attached hydrogen (secondary N) is 5. The number of carbonyl (C=O) groups excluding carboxylic acids is 2. The fourth-order valence-corrected chi connectivity index (χ4v) is 8.89. The fourth-order valence-electron chi connectivity index (χ4n) is 8.89. The highest BCUT2D eigenvalue weighted by atomic mass is 16.5. The first-order chi connectivity index (χ1) is 25.7. The van der Waals surface area contributed by atoms with Gasteiger partial charge in [0.25, 0.3) is 0 Å². The van der Waals surface area contributed by atoms with Gasteiger partial charge in [-0.25, -0.2) is 9.97 Å². The van der Waals surface area contributed by atoms with E-state index in [1.54, 1.807) is 13.2 Å². The van der Waals surface area contributed by atoms with Gasteiger partial charge in [-0.05, 0) is 42.1 Å². The largest absolute Gasteiger partial charge is 0.469 e. The molecule has 4 aliphatic rings. The molecule has 6 aromatic rings. The number of benzene rings is 3. The number of oxazole rings is 2. The zero-order chi connectivity index (χ0) is 36.3. The molecule has 0 saturated carbocycles. The molecule has 0 fully saturated rings. The number of fused-ring (bicyclic) bond motifs is 7. The van der Waals surface area contributed by atoms with Gasteiger partial charge >= 0.3 is 0 Å². The number of likely N-dealkylation sites (N-methyl/N-ethyl adjacent to an activating group) is 1. The van der Waals surface area contributed by atoms with E-state index in [2.05, 4.69) is 62.6 Å². The number of H-pyrrole nitrogens is 1. The Morgan fingerprint density at radius 2 is 1.81 bits per heavy atom. The number of amides is 2. The lowest BCUT2D eigenvalue weighted by molar-refractivity contribution is -0.131. The lowest BCUT2D eigenvalue weighted by Crippen LogP contribution is -2.55. The predicted octanol–water partition coefficient (Wildman–Crippen LogP) is 6.03. The van der Waals surface area contributed by atoms with Gasteiger partial charge < -0.3 is 39.8 Å². The molecule has 0 radical (unpaired) electrons. The summed E-state index contributed by atoms with van der Waals surface area (Å²) < 4.78 is 20.5. The van der Waals surface area contributed by atoms with Crippen LogP contribution < -0.4 is 26.0 Å². The quantitative estimate of drug-likeness (QED) is 0.144. The third-order valence-corrected chi connectivity index (χ3v) is 11.4. The molecule has 0 saturated heterocycles. The van der Waals surface area contributed by atoms with Crippen molar-refractivity contribution in [2.24, 2.45) is 11.8 Å². The highest BCUT2D eigenvalue weighted by Crippen LogP contribution is 2.61. The Bertz CT molecular complexity index is 2490. The Labute approximate surface area is 305 Å². The second-order valence-electron chi connectivity index (χ2n) is 15.2. The summed E-state index contributed by atoms with van der Waals surface area (Å²) in [6, 6.07) is 16.5. The van der Waals surface area contributed by atoms with E-state index in [9.17, 15) is 9.59 Å². The zero-order valence-electron chi connectivity index (χ0n) is 30.0. The molecule has 4 aliphatic heterocycles. The molecule has 53 heavy (non-hydrogen) atoms. The highest BCUT2D eigenvalue weighted by Gasteiger charge is 2.61. The molecule has 10 bridgehead atoms. The van der Waals surface area contributed by atoms with Crippen molar-refractivity contribution in [3.8, 4) is 39.8 Å². The molecule has 2 amide bonds. The molecule has 12 nitrogen and oxygen atoms in total. The molecule has 5 atom stereocenters. The molecule has 3 aromatic heterocycles. The lowest BCUT2D eigenvalue weighted by Gasteiger charge is -2.29. The van der Waals surface area contributed by atoms with E-state index in [0.29, 0.717) is 34.7 Å². The molecule has 5 N–H and O–H groups in total. The van der Waals surface area contributed by atoms with Crippen LogP contribution in [0.25, 0.3) is 44.9 Å². The summed E-state index contributed by atoms with van der Waals surface area (Å²) >= 11 is 0. The molecule has 12 heteroatoms. The summed E-state index contributed by atoms with van der Waals surface area (Å²) in [6.07, 6.45) is 3.32. The van der Waals surface area contributed by atoms with Crippen molar-refractivity contribution < 1.29 is 23.2 Å². The Balaban J connectivity index is 1.26. The first kappa shape index (κ1) is 31.8. The minimum atomic E-state index is -1.03. The van der Waals surface area contributed by atoms with Gasteiger partial charge in [0.2, 0.25) is 23.6 Å². The Morgan fingerprint density at radius 1 is 0.981 bits per heavy atom. The van der Waals surface area contributed by atoms with Gasteiger partial charge in [0.05, 0.1) is 12.2 Å². The number of para-hydroxylation sites is 1. The average molecular weight is 710 g/mol. The van der Waals surface area contributed by atoms with Crippen LogP contribution in [0.1, 0.15) is 62.1 Å². The number of hydrogen-bond acceptors (Lipinski definition) is 9. The molecule has 1 unspecified atom stereocenters. The van der Waals surface area contributed by atoms with Crippen molar-refractivity contribution >= 4 is 28.4 Å². The van der Waals surface area contributed by atoms with Crippen molar-refractivity contribution in [2.45, 2.75) is 63.9 Å². The lowest BCUT2D eigenvalue weighted by atomic mass is 9.72. The van der Waals surface area contributed by atoms with Crippen molar-refractivity contribution in [3.05, 3.63) is 95.3 Å². The number of rotatable bonds is 5. The predicted molar refractivity (Wildman–Crippen MR) is 198 cm³/mol. The molecule has 3 aromatic carbocycles. The fraction of sp³-hybridized carbons (Fsp3) is 0.317. The van der Waals surface area contributed by atoms with Gasteiger partial charge in [0, 0.05) is 51.5 Å². The number of nitrogens with zero attached hydrogens (tertiary/aromatic N) is 2. The maximum Gasteiger partial charge on any atom is 0.249 e. The van der Waals surface area contributed by atoms with Crippen LogP contribution in [-0.2, 0) is 21.4 Å². The average Bonchev–Trinajstić information content (AvgIpc) is 3.96. The van der Waals surface area contributed by atoms with E-state index < -0.39 is 29.8 Å². The van der Waals surface area contributed by atoms with Crippen LogP contribution in [0.15, 0.2) is 75.8 Å². The van der Waals surface area contributed by atoms with Gasteiger partial charge in [-0.3, -0.25) is 9.59 Å². The molecular weight excluding hydrogens is 670 g/mol. The van der Waals surface area contributed by atoms with Gasteiger partial charge in [0.1, 0.15) is 23.2 Å². The number of hydrogen-bond donors (Lipinski definition) is 5. The number of anilines is 1. The standard InChI is InChI=1S/C41H39N7O5/c1-18(2)31(42-5)37(50)45-27-15-20-12-13-28-25(14-20)41-24-10-6-9-22(33(24)48-40(41)52-28)21-8-7-11-26-30(21)23(16-43-26)29-17-44-38(51-29)34-35(41)53-39(47-34)32(19(3)4)46-36(27)49/h6-14,16-19,27,31-32,40,42-43,48H,15H2,1-5H3,(H,45,50)(H,46,49)/t27-,31-,32-,40?,41-/m0/s1. The van der Waals surface area contributed by atoms with Crippen molar-refractivity contribution in [3.63, 3.8) is 0 Å². The second-order valence-corrected chi connectivity index (χ2v) is 15.2. The van der Waals surface area contributed by atoms with Gasteiger partial charge in [-0.1, -0.05) is 70.2 Å². The minimum Gasteiger partial charge on any atom is -0.469 e. The SMILES string of the molecule is CN[C@H](C(=O)N[C@H]1Cc2ccc3c(c2)[C@]24c5cccc(c5NC2O3)-c2cccc3[nH]cc(c23)-c2cnc(o2)-c2nc(oc24)[C@H](C(C)C)NC1=O)C(C)C. The number of ether oxygens (including phenoxy) is 1. The monoisotopic (exact) mass is 709 g/mol. The van der Waals surface area contributed by atoms with E-state index in [4.69, 9.17) is 23.5 Å². The van der Waals surface area contributed by atoms with Crippen molar-refractivity contribution in [2.75, 3.05) is 12.4 Å². The Hall–Kier alpha value is -5.88. The van der Waals surface area contributed by atoms with Gasteiger partial charge in [0.15, 0.2) is 23.4 Å². The van der Waals surface area contributed by atoms with Crippen LogP contribution in [0.2, 0.25) is 0 Å². The van der Waals surface area contributed by atoms with Crippen LogP contribution in [0.4, 0.5) is 5.69 Å². The van der Waals surface area contributed by atoms with E-state index in [1.165, 1.54) is 0 Å². The molecule has 0 aliphatic carbocycles. The smallest absolute Gasteiger partial charge is 0.249 e. The first-order valence-electron chi connectivity index (χ1n) is 18.2. The van der Waals surface area contributed by atoms with Gasteiger partial charge in [-0.15, -0.1) is 0 Å². The molecule has 10 rings (SSSR count). The summed E-state index contributed by atoms with van der Waals surface area (Å²) in [5.41, 5.74) is 6.88. The summed E-state index contributed by atoms with van der Waals surface area (Å²) in [6.45, 7) is 7.95. The minimum absolute atomic E-state index is 0.0119. The van der Waals surface area contributed by atoms with E-state index >= 15 is 0 Å². The van der Waals surface area contributed by atoms with Crippen molar-refractivity contribution in [1.29, 1.82) is 0 Å².